The first-order chi connectivity index (χ1) is 14.0. The predicted molar refractivity (Wildman–Crippen MR) is 127 cm³/mol. The maximum absolute atomic E-state index is 10.3. The third kappa shape index (κ3) is 5.19. The van der Waals surface area contributed by atoms with Gasteiger partial charge in [-0.05, 0) is 107 Å². The van der Waals surface area contributed by atoms with Crippen LogP contribution in [-0.4, -0.2) is 21.9 Å². The second kappa shape index (κ2) is 9.17. The molecule has 1 unspecified atom stereocenters. The molecule has 3 fully saturated rings. The molecular formula is C28H44O2. The highest BCUT2D eigenvalue weighted by Crippen LogP contribution is 2.59. The van der Waals surface area contributed by atoms with Gasteiger partial charge in [0.1, 0.15) is 0 Å². The lowest BCUT2D eigenvalue weighted by Crippen LogP contribution is -2.34. The highest BCUT2D eigenvalue weighted by Gasteiger charge is 2.49. The number of rotatable bonds is 6. The van der Waals surface area contributed by atoms with Gasteiger partial charge >= 0.3 is 0 Å². The molecule has 0 bridgehead atoms. The molecular weight excluding hydrogens is 368 g/mol. The summed E-state index contributed by atoms with van der Waals surface area (Å²) in [5.41, 5.74) is 5.15. The minimum absolute atomic E-state index is 0.335. The molecule has 3 rings (SSSR count). The fourth-order valence-corrected chi connectivity index (χ4v) is 6.51. The number of fused-ring (bicyclic) bond motifs is 1. The van der Waals surface area contributed by atoms with Crippen molar-refractivity contribution < 1.29 is 10.2 Å². The molecule has 0 saturated heterocycles. The molecule has 30 heavy (non-hydrogen) atoms. The van der Waals surface area contributed by atoms with Crippen molar-refractivity contribution >= 4 is 0 Å². The molecule has 0 amide bonds. The SMILES string of the molecule is C=C(CCCC(C)(C)O)C1CC[C@H]2/C(=C/C=C3/C[C@@H](C)C(=C)[C@H](O)C3)CCC[C@]12C. The van der Waals surface area contributed by atoms with Gasteiger partial charge in [-0.3, -0.25) is 0 Å². The monoisotopic (exact) mass is 412 g/mol. The smallest absolute Gasteiger partial charge is 0.0787 e. The molecule has 3 aliphatic carbocycles. The Morgan fingerprint density at radius 1 is 1.23 bits per heavy atom. The first kappa shape index (κ1) is 23.5. The van der Waals surface area contributed by atoms with Crippen LogP contribution in [-0.2, 0) is 0 Å². The van der Waals surface area contributed by atoms with Crippen LogP contribution in [0.25, 0.3) is 0 Å². The second-order valence-corrected chi connectivity index (χ2v) is 11.3. The molecule has 0 spiro atoms. The van der Waals surface area contributed by atoms with Crippen molar-refractivity contribution in [1.82, 2.24) is 0 Å². The number of aliphatic hydroxyl groups excluding tert-OH is 1. The number of hydrogen-bond acceptors (Lipinski definition) is 2. The fourth-order valence-electron chi connectivity index (χ4n) is 6.51. The Labute approximate surface area is 184 Å². The summed E-state index contributed by atoms with van der Waals surface area (Å²) in [5.74, 6) is 1.65. The quantitative estimate of drug-likeness (QED) is 0.466. The van der Waals surface area contributed by atoms with Crippen molar-refractivity contribution in [3.05, 3.63) is 47.6 Å². The summed E-state index contributed by atoms with van der Waals surface area (Å²) >= 11 is 0. The summed E-state index contributed by atoms with van der Waals surface area (Å²) in [6.07, 6.45) is 15.4. The van der Waals surface area contributed by atoms with Crippen LogP contribution in [0.15, 0.2) is 47.6 Å². The molecule has 168 valence electrons. The van der Waals surface area contributed by atoms with E-state index in [4.69, 9.17) is 0 Å². The molecule has 0 aromatic carbocycles. The Kier molecular flexibility index (Phi) is 7.19. The molecule has 0 aromatic heterocycles. The normalized spacial score (nSPS) is 37.6. The van der Waals surface area contributed by atoms with Gasteiger partial charge in [-0.25, -0.2) is 0 Å². The zero-order valence-corrected chi connectivity index (χ0v) is 19.8. The Morgan fingerprint density at radius 3 is 2.63 bits per heavy atom. The number of aliphatic hydroxyl groups is 2. The maximum atomic E-state index is 10.3. The highest BCUT2D eigenvalue weighted by molar-refractivity contribution is 5.30. The van der Waals surface area contributed by atoms with E-state index in [-0.39, 0.29) is 6.10 Å². The van der Waals surface area contributed by atoms with E-state index in [1.165, 1.54) is 43.3 Å². The van der Waals surface area contributed by atoms with E-state index in [1.54, 1.807) is 5.57 Å². The summed E-state index contributed by atoms with van der Waals surface area (Å²) in [6.45, 7) is 17.1. The molecule has 0 aliphatic heterocycles. The summed E-state index contributed by atoms with van der Waals surface area (Å²) in [6, 6.07) is 0. The Hall–Kier alpha value is -1.12. The molecule has 5 atom stereocenters. The second-order valence-electron chi connectivity index (χ2n) is 11.3. The van der Waals surface area contributed by atoms with Crippen LogP contribution in [0.2, 0.25) is 0 Å². The van der Waals surface area contributed by atoms with Crippen molar-refractivity contribution in [3.8, 4) is 0 Å². The number of allylic oxidation sites excluding steroid dienone is 4. The molecule has 2 nitrogen and oxygen atoms in total. The molecule has 2 N–H and O–H groups in total. The van der Waals surface area contributed by atoms with Crippen LogP contribution in [0.4, 0.5) is 0 Å². The van der Waals surface area contributed by atoms with Gasteiger partial charge in [-0.2, -0.15) is 0 Å². The van der Waals surface area contributed by atoms with E-state index in [1.807, 2.05) is 13.8 Å². The van der Waals surface area contributed by atoms with Gasteiger partial charge in [0.15, 0.2) is 0 Å². The molecule has 0 aromatic rings. The minimum Gasteiger partial charge on any atom is -0.390 e. The van der Waals surface area contributed by atoms with Gasteiger partial charge in [-0.1, -0.05) is 55.9 Å². The van der Waals surface area contributed by atoms with Gasteiger partial charge in [0, 0.05) is 0 Å². The fraction of sp³-hybridized carbons (Fsp3) is 0.714. The van der Waals surface area contributed by atoms with Gasteiger partial charge in [0.25, 0.3) is 0 Å². The summed E-state index contributed by atoms with van der Waals surface area (Å²) in [7, 11) is 0. The first-order valence-corrected chi connectivity index (χ1v) is 12.2. The third-order valence-corrected chi connectivity index (χ3v) is 8.36. The van der Waals surface area contributed by atoms with E-state index in [0.29, 0.717) is 23.2 Å². The first-order valence-electron chi connectivity index (χ1n) is 12.2. The van der Waals surface area contributed by atoms with Crippen molar-refractivity contribution in [2.75, 3.05) is 0 Å². The van der Waals surface area contributed by atoms with E-state index >= 15 is 0 Å². The summed E-state index contributed by atoms with van der Waals surface area (Å²) in [4.78, 5) is 0. The average Bonchev–Trinajstić information content (AvgIpc) is 3.00. The van der Waals surface area contributed by atoms with E-state index in [0.717, 1.165) is 37.7 Å². The van der Waals surface area contributed by atoms with Gasteiger partial charge in [-0.15, -0.1) is 0 Å². The Morgan fingerprint density at radius 2 is 1.97 bits per heavy atom. The van der Waals surface area contributed by atoms with E-state index in [2.05, 4.69) is 39.2 Å². The third-order valence-electron chi connectivity index (χ3n) is 8.36. The van der Waals surface area contributed by atoms with Gasteiger partial charge < -0.3 is 10.2 Å². The van der Waals surface area contributed by atoms with Gasteiger partial charge in [0.05, 0.1) is 11.7 Å². The van der Waals surface area contributed by atoms with Crippen molar-refractivity contribution in [2.24, 2.45) is 23.2 Å². The average molecular weight is 413 g/mol. The van der Waals surface area contributed by atoms with Crippen LogP contribution >= 0.6 is 0 Å². The van der Waals surface area contributed by atoms with E-state index in [9.17, 15) is 10.2 Å². The lowest BCUT2D eigenvalue weighted by molar-refractivity contribution is 0.0683. The summed E-state index contributed by atoms with van der Waals surface area (Å²) in [5, 5.41) is 20.3. The lowest BCUT2D eigenvalue weighted by Gasteiger charge is -2.43. The zero-order valence-electron chi connectivity index (χ0n) is 19.8. The van der Waals surface area contributed by atoms with Crippen LogP contribution in [0.5, 0.6) is 0 Å². The topological polar surface area (TPSA) is 40.5 Å². The van der Waals surface area contributed by atoms with Gasteiger partial charge in [0.2, 0.25) is 0 Å². The van der Waals surface area contributed by atoms with Crippen molar-refractivity contribution in [2.45, 2.75) is 104 Å². The zero-order chi connectivity index (χ0) is 22.1. The maximum Gasteiger partial charge on any atom is 0.0787 e. The summed E-state index contributed by atoms with van der Waals surface area (Å²) < 4.78 is 0. The molecule has 3 aliphatic rings. The predicted octanol–water partition coefficient (Wildman–Crippen LogP) is 6.90. The van der Waals surface area contributed by atoms with Crippen LogP contribution in [0.3, 0.4) is 0 Å². The molecule has 0 radical (unpaired) electrons. The largest absolute Gasteiger partial charge is 0.390 e. The van der Waals surface area contributed by atoms with Crippen molar-refractivity contribution in [1.29, 1.82) is 0 Å². The molecule has 3 saturated carbocycles. The van der Waals surface area contributed by atoms with Crippen molar-refractivity contribution in [3.63, 3.8) is 0 Å². The minimum atomic E-state index is -0.576. The van der Waals surface area contributed by atoms with Crippen LogP contribution in [0, 0.1) is 23.2 Å². The van der Waals surface area contributed by atoms with Crippen LogP contribution in [0.1, 0.15) is 91.9 Å². The standard InChI is InChI=1S/C28H44O2/c1-19(9-7-15-27(4,5)30)24-13-14-25-23(10-8-16-28(24,25)6)12-11-22-17-20(2)21(3)26(29)18-22/h11-12,20,24-26,29-30H,1,3,7-10,13-18H2,2,4-6H3/b22-11-,23-12+/t20-,24?,25+,26-,28-/m1/s1. The molecule has 0 heterocycles. The molecule has 2 heteroatoms. The van der Waals surface area contributed by atoms with E-state index < -0.39 is 5.60 Å². The Bertz CT molecular complexity index is 703. The Balaban J connectivity index is 1.68. The highest BCUT2D eigenvalue weighted by atomic mass is 16.3. The lowest BCUT2D eigenvalue weighted by atomic mass is 9.62. The van der Waals surface area contributed by atoms with Crippen LogP contribution < -0.4 is 0 Å². The number of hydrogen-bond donors (Lipinski definition) is 2.